The molecule has 2 N–H and O–H groups in total. The molecule has 1 fully saturated rings. The van der Waals surface area contributed by atoms with Crippen LogP contribution in [0.2, 0.25) is 0 Å². The quantitative estimate of drug-likeness (QED) is 0.650. The summed E-state index contributed by atoms with van der Waals surface area (Å²) < 4.78 is 13.2. The molecule has 0 atom stereocenters. The summed E-state index contributed by atoms with van der Waals surface area (Å²) >= 11 is 0. The van der Waals surface area contributed by atoms with Gasteiger partial charge in [-0.1, -0.05) is 6.92 Å². The summed E-state index contributed by atoms with van der Waals surface area (Å²) in [7, 11) is 0. The van der Waals surface area contributed by atoms with Crippen molar-refractivity contribution in [2.24, 2.45) is 5.41 Å². The average molecular weight is 267 g/mol. The fourth-order valence-electron chi connectivity index (χ4n) is 2.32. The van der Waals surface area contributed by atoms with Gasteiger partial charge < -0.3 is 10.6 Å². The van der Waals surface area contributed by atoms with Crippen LogP contribution in [-0.2, 0) is 0 Å². The van der Waals surface area contributed by atoms with Gasteiger partial charge in [0.25, 0.3) is 5.69 Å². The fourth-order valence-corrected chi connectivity index (χ4v) is 2.32. The van der Waals surface area contributed by atoms with Crippen molar-refractivity contribution >= 4 is 11.4 Å². The number of nitrogens with one attached hydrogen (secondary N) is 2. The van der Waals surface area contributed by atoms with Gasteiger partial charge in [0.15, 0.2) is 0 Å². The van der Waals surface area contributed by atoms with Gasteiger partial charge >= 0.3 is 0 Å². The minimum atomic E-state index is -0.494. The number of halogens is 1. The maximum atomic E-state index is 13.2. The van der Waals surface area contributed by atoms with E-state index in [9.17, 15) is 14.5 Å². The Morgan fingerprint density at radius 1 is 1.47 bits per heavy atom. The third kappa shape index (κ3) is 3.41. The standard InChI is InChI=1S/C13H18FN3O2/c1-13(4-6-15-7-5-13)9-16-11-8-10(14)2-3-12(11)17(18)19/h2-3,8,15-16H,4-7,9H2,1H3. The SMILES string of the molecule is CC1(CNc2cc(F)ccc2[N+](=O)[O-])CCNCC1. The monoisotopic (exact) mass is 267 g/mol. The van der Waals surface area contributed by atoms with Crippen LogP contribution in [0, 0.1) is 21.3 Å². The van der Waals surface area contributed by atoms with Crippen LogP contribution in [0.4, 0.5) is 15.8 Å². The molecule has 19 heavy (non-hydrogen) atoms. The van der Waals surface area contributed by atoms with Crippen molar-refractivity contribution in [1.29, 1.82) is 0 Å². The lowest BCUT2D eigenvalue weighted by Gasteiger charge is -2.34. The van der Waals surface area contributed by atoms with E-state index in [1.165, 1.54) is 12.1 Å². The predicted molar refractivity (Wildman–Crippen MR) is 71.8 cm³/mol. The summed E-state index contributed by atoms with van der Waals surface area (Å²) in [5, 5.41) is 17.2. The molecule has 0 saturated carbocycles. The van der Waals surface area contributed by atoms with Crippen LogP contribution in [0.3, 0.4) is 0 Å². The number of anilines is 1. The molecule has 0 bridgehead atoms. The van der Waals surface area contributed by atoms with E-state index in [1.54, 1.807) is 0 Å². The van der Waals surface area contributed by atoms with Crippen molar-refractivity contribution in [3.8, 4) is 0 Å². The second-order valence-corrected chi connectivity index (χ2v) is 5.33. The number of hydrogen-bond acceptors (Lipinski definition) is 4. The average Bonchev–Trinajstić information content (AvgIpc) is 2.37. The summed E-state index contributed by atoms with van der Waals surface area (Å²) in [6.07, 6.45) is 2.01. The Morgan fingerprint density at radius 2 is 2.16 bits per heavy atom. The molecule has 104 valence electrons. The molecule has 6 heteroatoms. The second-order valence-electron chi connectivity index (χ2n) is 5.33. The molecule has 5 nitrogen and oxygen atoms in total. The molecule has 0 aromatic heterocycles. The normalized spacial score (nSPS) is 18.0. The first-order valence-corrected chi connectivity index (χ1v) is 6.39. The van der Waals surface area contributed by atoms with E-state index in [2.05, 4.69) is 17.6 Å². The highest BCUT2D eigenvalue weighted by molar-refractivity contribution is 5.61. The van der Waals surface area contributed by atoms with Crippen LogP contribution >= 0.6 is 0 Å². The Bertz CT molecular complexity index is 473. The maximum Gasteiger partial charge on any atom is 0.292 e. The third-order valence-electron chi connectivity index (χ3n) is 3.67. The first-order valence-electron chi connectivity index (χ1n) is 6.39. The molecule has 0 unspecified atom stereocenters. The Morgan fingerprint density at radius 3 is 2.79 bits per heavy atom. The van der Waals surface area contributed by atoms with Crippen molar-refractivity contribution in [2.45, 2.75) is 19.8 Å². The largest absolute Gasteiger partial charge is 0.379 e. The van der Waals surface area contributed by atoms with Crippen LogP contribution in [0.5, 0.6) is 0 Å². The number of nitro groups is 1. The van der Waals surface area contributed by atoms with Gasteiger partial charge in [-0.25, -0.2) is 4.39 Å². The van der Waals surface area contributed by atoms with Crippen LogP contribution in [0.25, 0.3) is 0 Å². The number of nitrogens with zero attached hydrogens (tertiary/aromatic N) is 1. The second kappa shape index (κ2) is 5.52. The lowest BCUT2D eigenvalue weighted by Crippen LogP contribution is -2.39. The Balaban J connectivity index is 2.10. The van der Waals surface area contributed by atoms with Crippen LogP contribution < -0.4 is 10.6 Å². The van der Waals surface area contributed by atoms with Crippen molar-refractivity contribution in [1.82, 2.24) is 5.32 Å². The van der Waals surface area contributed by atoms with Gasteiger partial charge in [0, 0.05) is 18.7 Å². The van der Waals surface area contributed by atoms with E-state index in [0.717, 1.165) is 32.0 Å². The van der Waals surface area contributed by atoms with Crippen LogP contribution in [-0.4, -0.2) is 24.6 Å². The first kappa shape index (κ1) is 13.7. The number of rotatable bonds is 4. The Labute approximate surface area is 111 Å². The van der Waals surface area contributed by atoms with Gasteiger partial charge in [0.1, 0.15) is 11.5 Å². The van der Waals surface area contributed by atoms with Gasteiger partial charge in [-0.05, 0) is 37.4 Å². The van der Waals surface area contributed by atoms with Crippen molar-refractivity contribution < 1.29 is 9.31 Å². The molecule has 1 heterocycles. The molecule has 0 amide bonds. The fraction of sp³-hybridized carbons (Fsp3) is 0.538. The summed E-state index contributed by atoms with van der Waals surface area (Å²) in [4.78, 5) is 10.4. The van der Waals surface area contributed by atoms with E-state index in [-0.39, 0.29) is 16.8 Å². The van der Waals surface area contributed by atoms with Gasteiger partial charge in [-0.3, -0.25) is 10.1 Å². The number of piperidine rings is 1. The lowest BCUT2D eigenvalue weighted by molar-refractivity contribution is -0.384. The Hall–Kier alpha value is -1.69. The minimum absolute atomic E-state index is 0.0843. The summed E-state index contributed by atoms with van der Waals surface area (Å²) in [5.74, 6) is -0.469. The third-order valence-corrected chi connectivity index (χ3v) is 3.67. The molecular weight excluding hydrogens is 249 g/mol. The van der Waals surface area contributed by atoms with E-state index in [0.29, 0.717) is 6.54 Å². The molecule has 2 rings (SSSR count). The van der Waals surface area contributed by atoms with E-state index in [4.69, 9.17) is 0 Å². The zero-order chi connectivity index (χ0) is 13.9. The maximum absolute atomic E-state index is 13.2. The number of nitro benzene ring substituents is 1. The smallest absolute Gasteiger partial charge is 0.292 e. The summed E-state index contributed by atoms with van der Waals surface area (Å²) in [6.45, 7) is 4.65. The van der Waals surface area contributed by atoms with E-state index in [1.807, 2.05) is 0 Å². The lowest BCUT2D eigenvalue weighted by atomic mass is 9.81. The van der Waals surface area contributed by atoms with Crippen molar-refractivity contribution in [2.75, 3.05) is 25.0 Å². The molecule has 1 aromatic carbocycles. The van der Waals surface area contributed by atoms with E-state index >= 15 is 0 Å². The molecular formula is C13H18FN3O2. The van der Waals surface area contributed by atoms with E-state index < -0.39 is 10.7 Å². The number of hydrogen-bond donors (Lipinski definition) is 2. The van der Waals surface area contributed by atoms with Gasteiger partial charge in [0.05, 0.1) is 4.92 Å². The van der Waals surface area contributed by atoms with Crippen molar-refractivity contribution in [3.05, 3.63) is 34.1 Å². The van der Waals surface area contributed by atoms with Gasteiger partial charge in [-0.2, -0.15) is 0 Å². The minimum Gasteiger partial charge on any atom is -0.379 e. The summed E-state index contributed by atoms with van der Waals surface area (Å²) in [6, 6.07) is 3.49. The summed E-state index contributed by atoms with van der Waals surface area (Å²) in [5.41, 5.74) is 0.259. The molecule has 1 aromatic rings. The molecule has 0 spiro atoms. The first-order chi connectivity index (χ1) is 9.00. The zero-order valence-corrected chi connectivity index (χ0v) is 10.9. The van der Waals surface area contributed by atoms with Gasteiger partial charge in [0.2, 0.25) is 0 Å². The number of benzene rings is 1. The molecule has 1 aliphatic rings. The van der Waals surface area contributed by atoms with Crippen LogP contribution in [0.1, 0.15) is 19.8 Å². The molecule has 0 radical (unpaired) electrons. The highest BCUT2D eigenvalue weighted by atomic mass is 19.1. The topological polar surface area (TPSA) is 67.2 Å². The Kier molecular flexibility index (Phi) is 3.99. The highest BCUT2D eigenvalue weighted by Gasteiger charge is 2.27. The molecule has 1 saturated heterocycles. The highest BCUT2D eigenvalue weighted by Crippen LogP contribution is 2.31. The predicted octanol–water partition coefficient (Wildman–Crippen LogP) is 2.54. The molecule has 1 aliphatic heterocycles. The van der Waals surface area contributed by atoms with Gasteiger partial charge in [-0.15, -0.1) is 0 Å². The molecule has 0 aliphatic carbocycles. The van der Waals surface area contributed by atoms with Crippen LogP contribution in [0.15, 0.2) is 18.2 Å². The zero-order valence-electron chi connectivity index (χ0n) is 10.9. The van der Waals surface area contributed by atoms with Crippen molar-refractivity contribution in [3.63, 3.8) is 0 Å².